The zero-order valence-electron chi connectivity index (χ0n) is 21.6. The van der Waals surface area contributed by atoms with Gasteiger partial charge in [0.25, 0.3) is 11.9 Å². The first-order chi connectivity index (χ1) is 19.5. The number of oxazole rings is 2. The van der Waals surface area contributed by atoms with Crippen molar-refractivity contribution < 1.29 is 23.1 Å². The number of hydrogen-bond acceptors (Lipinski definition) is 8. The number of rotatable bonds is 6. The minimum absolute atomic E-state index is 0.0164. The van der Waals surface area contributed by atoms with E-state index >= 15 is 0 Å². The molecule has 0 bridgehead atoms. The molecule has 0 saturated heterocycles. The molecule has 5 aromatic rings. The van der Waals surface area contributed by atoms with E-state index in [0.29, 0.717) is 34.0 Å². The highest BCUT2D eigenvalue weighted by molar-refractivity contribution is 6.22. The molecule has 1 amide bonds. The highest BCUT2D eigenvalue weighted by atomic mass is 16.5. The van der Waals surface area contributed by atoms with Gasteiger partial charge in [0, 0.05) is 5.69 Å². The number of aromatic nitrogens is 2. The van der Waals surface area contributed by atoms with Crippen molar-refractivity contribution in [2.24, 2.45) is 0 Å². The Kier molecular flexibility index (Phi) is 6.19. The number of carbonyl (C=O) groups excluding carboxylic acids is 1. The van der Waals surface area contributed by atoms with Crippen LogP contribution in [0.15, 0.2) is 92.5 Å². The van der Waals surface area contributed by atoms with E-state index in [0.717, 1.165) is 0 Å². The minimum Gasteiger partial charge on any atom is -0.497 e. The number of para-hydroxylation sites is 1. The van der Waals surface area contributed by atoms with Crippen molar-refractivity contribution in [1.82, 2.24) is 9.55 Å². The van der Waals surface area contributed by atoms with Gasteiger partial charge in [0.05, 0.1) is 25.7 Å². The first kappa shape index (κ1) is 24.8. The maximum Gasteiger partial charge on any atom is 0.362 e. The minimum atomic E-state index is -0.759. The second kappa shape index (κ2) is 9.99. The fourth-order valence-corrected chi connectivity index (χ4v) is 4.76. The summed E-state index contributed by atoms with van der Waals surface area (Å²) in [7, 11) is 3.14. The van der Waals surface area contributed by atoms with Crippen LogP contribution in [0.25, 0.3) is 17.5 Å². The summed E-state index contributed by atoms with van der Waals surface area (Å²) in [6, 6.07) is 23.2. The van der Waals surface area contributed by atoms with Crippen LogP contribution in [0.5, 0.6) is 11.5 Å². The zero-order chi connectivity index (χ0) is 27.8. The van der Waals surface area contributed by atoms with Crippen LogP contribution in [0, 0.1) is 0 Å². The van der Waals surface area contributed by atoms with E-state index in [1.807, 2.05) is 30.3 Å². The molecule has 40 heavy (non-hydrogen) atoms. The molecule has 200 valence electrons. The Hall–Kier alpha value is -5.51. The first-order valence-electron chi connectivity index (χ1n) is 12.4. The van der Waals surface area contributed by atoms with Gasteiger partial charge < -0.3 is 29.4 Å². The number of anilines is 2. The molecule has 2 aromatic heterocycles. The van der Waals surface area contributed by atoms with Crippen LogP contribution in [-0.2, 0) is 4.79 Å². The van der Waals surface area contributed by atoms with Crippen LogP contribution >= 0.6 is 0 Å². The van der Waals surface area contributed by atoms with Gasteiger partial charge in [-0.25, -0.2) is 9.36 Å². The number of nitrogens with zero attached hydrogens (tertiary/aromatic N) is 2. The van der Waals surface area contributed by atoms with Gasteiger partial charge in [0.1, 0.15) is 22.5 Å². The summed E-state index contributed by atoms with van der Waals surface area (Å²) in [5.41, 5.74) is 7.90. The van der Waals surface area contributed by atoms with Crippen molar-refractivity contribution >= 4 is 29.3 Å². The Morgan fingerprint density at radius 2 is 1.60 bits per heavy atom. The van der Waals surface area contributed by atoms with Crippen molar-refractivity contribution in [1.29, 1.82) is 0 Å². The van der Waals surface area contributed by atoms with E-state index < -0.39 is 17.5 Å². The molecule has 1 aliphatic heterocycles. The van der Waals surface area contributed by atoms with Gasteiger partial charge in [0.15, 0.2) is 0 Å². The summed E-state index contributed by atoms with van der Waals surface area (Å²) in [5, 5.41) is 3.05. The Morgan fingerprint density at radius 3 is 2.25 bits per heavy atom. The zero-order valence-corrected chi connectivity index (χ0v) is 21.6. The lowest BCUT2D eigenvalue weighted by Gasteiger charge is -2.22. The average molecular weight is 537 g/mol. The molecule has 0 fully saturated rings. The van der Waals surface area contributed by atoms with Gasteiger partial charge in [-0.05, 0) is 53.6 Å². The Balaban J connectivity index is 1.64. The lowest BCUT2D eigenvalue weighted by Crippen LogP contribution is -2.38. The van der Waals surface area contributed by atoms with E-state index in [2.05, 4.69) is 10.3 Å². The molecule has 1 aliphatic rings. The number of nitrogens with two attached hydrogens (primary N) is 1. The third-order valence-corrected chi connectivity index (χ3v) is 6.63. The van der Waals surface area contributed by atoms with E-state index in [1.54, 1.807) is 68.8 Å². The molecule has 0 saturated carbocycles. The van der Waals surface area contributed by atoms with Crippen LogP contribution in [0.4, 0.5) is 11.7 Å². The maximum absolute atomic E-state index is 13.9. The third kappa shape index (κ3) is 4.31. The summed E-state index contributed by atoms with van der Waals surface area (Å²) < 4.78 is 23.6. The van der Waals surface area contributed by atoms with Crippen LogP contribution in [0.3, 0.4) is 0 Å². The number of fused-ring (bicyclic) bond motifs is 3. The number of amides is 1. The standard InChI is InChI=1S/C30H24N4O6/c1-37-20-12-8-17(9-13-20)16-22-29(36)39-27-24(26(35)32-19-6-4-3-5-7-19)23(18-10-14-21(38-2)15-11-18)25-28(34(22)27)40-30(31)33-25/h3-16,23H,1-2H3,(H2,31,33)(H,32,35)/b22-16+. The van der Waals surface area contributed by atoms with Crippen LogP contribution < -0.4 is 37.0 Å². The Bertz CT molecular complexity index is 1890. The van der Waals surface area contributed by atoms with Crippen molar-refractivity contribution in [3.05, 3.63) is 117 Å². The second-order valence-corrected chi connectivity index (χ2v) is 9.02. The predicted octanol–water partition coefficient (Wildman–Crippen LogP) is 2.78. The largest absolute Gasteiger partial charge is 0.497 e. The molecule has 6 rings (SSSR count). The van der Waals surface area contributed by atoms with Crippen LogP contribution in [0.2, 0.25) is 0 Å². The second-order valence-electron chi connectivity index (χ2n) is 9.02. The van der Waals surface area contributed by atoms with Gasteiger partial charge in [-0.3, -0.25) is 4.79 Å². The quantitative estimate of drug-likeness (QED) is 0.338. The van der Waals surface area contributed by atoms with Gasteiger partial charge in [-0.2, -0.15) is 4.98 Å². The molecule has 0 aliphatic carbocycles. The molecule has 1 atom stereocenters. The number of benzene rings is 3. The molecule has 0 radical (unpaired) electrons. The molecule has 1 unspecified atom stereocenters. The molecular weight excluding hydrogens is 512 g/mol. The van der Waals surface area contributed by atoms with E-state index in [1.165, 1.54) is 4.57 Å². The van der Waals surface area contributed by atoms with Crippen molar-refractivity contribution in [3.63, 3.8) is 0 Å². The van der Waals surface area contributed by atoms with Crippen LogP contribution in [0.1, 0.15) is 22.7 Å². The molecule has 10 nitrogen and oxygen atoms in total. The van der Waals surface area contributed by atoms with Crippen molar-refractivity contribution in [2.45, 2.75) is 5.92 Å². The molecular formula is C30H24N4O6. The average Bonchev–Trinajstić information content (AvgIpc) is 3.51. The Morgan fingerprint density at radius 1 is 0.950 bits per heavy atom. The van der Waals surface area contributed by atoms with E-state index in [-0.39, 0.29) is 28.4 Å². The summed E-state index contributed by atoms with van der Waals surface area (Å²) >= 11 is 0. The summed E-state index contributed by atoms with van der Waals surface area (Å²) in [4.78, 5) is 31.7. The number of nitrogens with one attached hydrogen (secondary N) is 1. The highest BCUT2D eigenvalue weighted by Gasteiger charge is 2.39. The van der Waals surface area contributed by atoms with Crippen molar-refractivity contribution in [3.8, 4) is 17.4 Å². The van der Waals surface area contributed by atoms with E-state index in [4.69, 9.17) is 24.0 Å². The molecule has 0 spiro atoms. The molecule has 3 aromatic carbocycles. The molecule has 10 heteroatoms. The van der Waals surface area contributed by atoms with E-state index in [9.17, 15) is 9.59 Å². The van der Waals surface area contributed by atoms with Gasteiger partial charge in [-0.1, -0.05) is 42.5 Å². The monoisotopic (exact) mass is 536 g/mol. The Labute approximate surface area is 227 Å². The van der Waals surface area contributed by atoms with Gasteiger partial charge in [0.2, 0.25) is 11.4 Å². The fraction of sp³-hybridized carbons (Fsp3) is 0.100. The molecule has 3 heterocycles. The highest BCUT2D eigenvalue weighted by Crippen LogP contribution is 2.39. The number of methoxy groups -OCH3 is 2. The molecule has 3 N–H and O–H groups in total. The SMILES string of the molecule is COc1ccc(/C=c2\c(=O)oc3n2-c2oc(N)nc2C(c2ccc(OC)cc2)C=3C(=O)Nc2ccccc2)cc1. The normalized spacial score (nSPS) is 14.4. The maximum atomic E-state index is 13.9. The fourth-order valence-electron chi connectivity index (χ4n) is 4.76. The number of carbonyl (C=O) groups is 1. The summed E-state index contributed by atoms with van der Waals surface area (Å²) in [6.07, 6.45) is 1.64. The van der Waals surface area contributed by atoms with Crippen LogP contribution in [-0.4, -0.2) is 29.7 Å². The third-order valence-electron chi connectivity index (χ3n) is 6.63. The number of ether oxygens (including phenoxy) is 2. The lowest BCUT2D eigenvalue weighted by atomic mass is 9.86. The summed E-state index contributed by atoms with van der Waals surface area (Å²) in [6.45, 7) is 0. The van der Waals surface area contributed by atoms with Crippen molar-refractivity contribution in [2.75, 3.05) is 25.3 Å². The topological polar surface area (TPSA) is 135 Å². The predicted molar refractivity (Wildman–Crippen MR) is 148 cm³/mol. The number of hydrogen-bond donors (Lipinski definition) is 2. The summed E-state index contributed by atoms with van der Waals surface area (Å²) in [5.74, 6) is 0.265. The smallest absolute Gasteiger partial charge is 0.362 e. The van der Waals surface area contributed by atoms with Gasteiger partial charge >= 0.3 is 5.63 Å². The van der Waals surface area contributed by atoms with Gasteiger partial charge in [-0.15, -0.1) is 0 Å². The first-order valence-corrected chi connectivity index (χ1v) is 12.4. The lowest BCUT2D eigenvalue weighted by molar-refractivity contribution is -0.111. The number of nitrogen functional groups attached to an aromatic ring is 1.